The number of ether oxygens (including phenoxy) is 2. The number of nitrogens with one attached hydrogen (secondary N) is 1. The second kappa shape index (κ2) is 13.8. The van der Waals surface area contributed by atoms with Crippen molar-refractivity contribution in [2.24, 2.45) is 4.99 Å². The Morgan fingerprint density at radius 3 is 1.65 bits per heavy atom. The number of hydrogen-bond donors (Lipinski definition) is 1. The maximum Gasteiger partial charge on any atom is 0.222 e. The summed E-state index contributed by atoms with van der Waals surface area (Å²) in [4.78, 5) is 11.0. The van der Waals surface area contributed by atoms with Crippen LogP contribution < -0.4 is 14.8 Å². The van der Waals surface area contributed by atoms with E-state index in [-0.39, 0.29) is 0 Å². The topological polar surface area (TPSA) is 60.7 Å². The van der Waals surface area contributed by atoms with Crippen molar-refractivity contribution >= 4 is 28.9 Å². The summed E-state index contributed by atoms with van der Waals surface area (Å²) in [6.45, 7) is 0. The maximum absolute atomic E-state index is 7.38. The van der Waals surface area contributed by atoms with Gasteiger partial charge in [-0.1, -0.05) is 145 Å². The number of hydrogen-bond acceptors (Lipinski definition) is 5. The van der Waals surface area contributed by atoms with E-state index in [2.05, 4.69) is 82.7 Å². The molecule has 8 heteroatoms. The van der Waals surface area contributed by atoms with Crippen LogP contribution in [0.25, 0.3) is 22.6 Å². The summed E-state index contributed by atoms with van der Waals surface area (Å²) in [7, 11) is 3.25. The molecule has 1 aliphatic rings. The van der Waals surface area contributed by atoms with Crippen LogP contribution in [0, 0.1) is 0 Å². The monoisotopic (exact) mass is 720 g/mol. The number of imidazole rings is 1. The van der Waals surface area contributed by atoms with Gasteiger partial charge in [0, 0.05) is 11.1 Å². The second-order valence-electron chi connectivity index (χ2n) is 12.5. The molecule has 0 bridgehead atoms. The zero-order valence-corrected chi connectivity index (χ0v) is 30.0. The Morgan fingerprint density at radius 1 is 0.596 bits per heavy atom. The molecule has 0 saturated heterocycles. The first-order valence-corrected chi connectivity index (χ1v) is 17.6. The predicted molar refractivity (Wildman–Crippen MR) is 210 cm³/mol. The average molecular weight is 722 g/mol. The van der Waals surface area contributed by atoms with Gasteiger partial charge in [0.15, 0.2) is 0 Å². The first-order chi connectivity index (χ1) is 25.5. The molecular formula is C44H34Cl2N4O2. The minimum atomic E-state index is -1.40. The molecule has 1 N–H and O–H groups in total. The Kier molecular flexibility index (Phi) is 8.89. The van der Waals surface area contributed by atoms with E-state index in [0.717, 1.165) is 33.7 Å². The van der Waals surface area contributed by atoms with Crippen molar-refractivity contribution in [3.05, 3.63) is 196 Å². The van der Waals surface area contributed by atoms with Gasteiger partial charge in [0.2, 0.25) is 5.79 Å². The molecule has 1 unspecified atom stereocenters. The van der Waals surface area contributed by atoms with Crippen molar-refractivity contribution in [2.75, 3.05) is 14.2 Å². The van der Waals surface area contributed by atoms with Crippen molar-refractivity contribution in [1.82, 2.24) is 14.9 Å². The molecule has 52 heavy (non-hydrogen) atoms. The van der Waals surface area contributed by atoms with E-state index in [0.29, 0.717) is 38.5 Å². The van der Waals surface area contributed by atoms with Crippen LogP contribution in [0.15, 0.2) is 169 Å². The largest absolute Gasteiger partial charge is 0.497 e. The Labute approximate surface area is 313 Å². The van der Waals surface area contributed by atoms with Crippen LogP contribution in [0.1, 0.15) is 22.3 Å². The number of benzene rings is 6. The lowest BCUT2D eigenvalue weighted by Crippen LogP contribution is -2.55. The molecule has 1 aliphatic heterocycles. The van der Waals surface area contributed by atoms with Crippen LogP contribution in [0.2, 0.25) is 10.0 Å². The van der Waals surface area contributed by atoms with Gasteiger partial charge in [0.25, 0.3) is 0 Å². The van der Waals surface area contributed by atoms with Crippen LogP contribution in [0.4, 0.5) is 0 Å². The third-order valence-electron chi connectivity index (χ3n) is 9.58. The van der Waals surface area contributed by atoms with Gasteiger partial charge in [0.05, 0.1) is 41.9 Å². The van der Waals surface area contributed by atoms with Gasteiger partial charge in [0.1, 0.15) is 22.9 Å². The fraction of sp³-hybridized carbons (Fsp3) is 0.0909. The summed E-state index contributed by atoms with van der Waals surface area (Å²) >= 11 is 14.5. The Bertz CT molecular complexity index is 2340. The molecule has 0 spiro atoms. The van der Waals surface area contributed by atoms with Crippen LogP contribution >= 0.6 is 23.2 Å². The molecule has 0 fully saturated rings. The molecule has 0 saturated carbocycles. The number of nitrogens with zero attached hydrogens (tertiary/aromatic N) is 3. The highest BCUT2D eigenvalue weighted by atomic mass is 35.5. The minimum Gasteiger partial charge on any atom is -0.497 e. The van der Waals surface area contributed by atoms with Crippen LogP contribution in [-0.2, 0) is 11.3 Å². The highest BCUT2D eigenvalue weighted by molar-refractivity contribution is 6.33. The summed E-state index contributed by atoms with van der Waals surface area (Å²) in [6, 6.07) is 52.6. The van der Waals surface area contributed by atoms with Gasteiger partial charge in [-0.05, 0) is 58.7 Å². The highest BCUT2D eigenvalue weighted by Gasteiger charge is 2.56. The SMILES string of the molecule is COc1ccc(-c2ncc(-c3ccccc3)n2C2(c3ccc(OC)cc3Cl)N=C(c3ccccc3)C(c3ccccc3)(c3ccccc3)N2)c(Cl)c1. The molecule has 2 heterocycles. The van der Waals surface area contributed by atoms with Crippen molar-refractivity contribution < 1.29 is 9.47 Å². The summed E-state index contributed by atoms with van der Waals surface area (Å²) < 4.78 is 13.3. The van der Waals surface area contributed by atoms with E-state index in [4.69, 9.17) is 42.7 Å². The van der Waals surface area contributed by atoms with E-state index in [1.807, 2.05) is 85.1 Å². The number of aliphatic imine (C=N–C) groups is 1. The van der Waals surface area contributed by atoms with Crippen molar-refractivity contribution in [2.45, 2.75) is 11.3 Å². The number of halogens is 2. The van der Waals surface area contributed by atoms with E-state index in [9.17, 15) is 0 Å². The van der Waals surface area contributed by atoms with Crippen LogP contribution in [-0.4, -0.2) is 29.5 Å². The lowest BCUT2D eigenvalue weighted by Gasteiger charge is -2.39. The highest BCUT2D eigenvalue weighted by Crippen LogP contribution is 2.50. The minimum absolute atomic E-state index is 0.458. The smallest absolute Gasteiger partial charge is 0.222 e. The van der Waals surface area contributed by atoms with Gasteiger partial charge < -0.3 is 9.47 Å². The molecule has 6 nitrogen and oxygen atoms in total. The third kappa shape index (κ3) is 5.56. The number of aromatic nitrogens is 2. The fourth-order valence-corrected chi connectivity index (χ4v) is 7.73. The van der Waals surface area contributed by atoms with Crippen LogP contribution in [0.5, 0.6) is 11.5 Å². The van der Waals surface area contributed by atoms with Crippen LogP contribution in [0.3, 0.4) is 0 Å². The van der Waals surface area contributed by atoms with Gasteiger partial charge in [-0.25, -0.2) is 9.98 Å². The van der Waals surface area contributed by atoms with Crippen molar-refractivity contribution in [3.63, 3.8) is 0 Å². The Balaban J connectivity index is 1.55. The third-order valence-corrected chi connectivity index (χ3v) is 10.2. The molecule has 0 aliphatic carbocycles. The molecule has 0 amide bonds. The molecule has 256 valence electrons. The van der Waals surface area contributed by atoms with E-state index < -0.39 is 11.3 Å². The van der Waals surface area contributed by atoms with Gasteiger partial charge in [-0.15, -0.1) is 0 Å². The quantitative estimate of drug-likeness (QED) is 0.161. The van der Waals surface area contributed by atoms with Gasteiger partial charge in [-0.2, -0.15) is 0 Å². The van der Waals surface area contributed by atoms with E-state index in [1.54, 1.807) is 20.3 Å². The predicted octanol–water partition coefficient (Wildman–Crippen LogP) is 10.2. The second-order valence-corrected chi connectivity index (χ2v) is 13.3. The fourth-order valence-electron chi connectivity index (χ4n) is 7.18. The average Bonchev–Trinajstić information content (AvgIpc) is 3.81. The van der Waals surface area contributed by atoms with E-state index >= 15 is 0 Å². The summed E-state index contributed by atoms with van der Waals surface area (Å²) in [6.07, 6.45) is 1.87. The molecule has 1 atom stereocenters. The molecule has 8 rings (SSSR count). The normalized spacial score (nSPS) is 16.3. The number of rotatable bonds is 9. The lowest BCUT2D eigenvalue weighted by molar-refractivity contribution is 0.278. The molecular weight excluding hydrogens is 687 g/mol. The Morgan fingerprint density at radius 2 is 1.12 bits per heavy atom. The summed E-state index contributed by atoms with van der Waals surface area (Å²) in [5, 5.41) is 5.12. The molecule has 6 aromatic carbocycles. The van der Waals surface area contributed by atoms with Gasteiger partial charge in [-0.3, -0.25) is 9.88 Å². The first kappa shape index (κ1) is 33.5. The zero-order chi connectivity index (χ0) is 35.7. The molecule has 0 radical (unpaired) electrons. The Hall–Kier alpha value is -5.66. The first-order valence-electron chi connectivity index (χ1n) is 16.9. The summed E-state index contributed by atoms with van der Waals surface area (Å²) in [5.74, 6) is 0.442. The molecule has 7 aromatic rings. The van der Waals surface area contributed by atoms with E-state index in [1.165, 1.54) is 0 Å². The maximum atomic E-state index is 7.38. The van der Waals surface area contributed by atoms with Crippen molar-refractivity contribution in [1.29, 1.82) is 0 Å². The summed E-state index contributed by atoms with van der Waals surface area (Å²) in [5.41, 5.74) is 5.90. The van der Waals surface area contributed by atoms with Gasteiger partial charge >= 0.3 is 0 Å². The lowest BCUT2D eigenvalue weighted by atomic mass is 9.77. The number of methoxy groups -OCH3 is 2. The standard InChI is InChI=1S/C44H34Cl2N4O2/c1-51-34-23-25-36(38(45)27-34)42-47-29-40(30-15-7-3-8-16-30)50(42)44(37-26-24-35(52-2)28-39(37)46)48-41(31-17-9-4-10-18-31)43(49-44,32-19-11-5-12-20-32)33-21-13-6-14-22-33/h3-29,49H,1-2H3. The zero-order valence-electron chi connectivity index (χ0n) is 28.5. The van der Waals surface area contributed by atoms with Crippen molar-refractivity contribution in [3.8, 4) is 34.1 Å². The molecule has 1 aromatic heterocycles.